The van der Waals surface area contributed by atoms with Crippen molar-refractivity contribution in [1.29, 1.82) is 5.26 Å². The first-order valence-corrected chi connectivity index (χ1v) is 11.7. The van der Waals surface area contributed by atoms with Crippen LogP contribution in [0.4, 0.5) is 0 Å². The number of hydrogen-bond acceptors (Lipinski definition) is 6. The lowest BCUT2D eigenvalue weighted by molar-refractivity contribution is -0.117. The Kier molecular flexibility index (Phi) is 7.80. The number of hydrogen-bond donors (Lipinski definition) is 1. The van der Waals surface area contributed by atoms with E-state index in [1.807, 2.05) is 36.4 Å². The van der Waals surface area contributed by atoms with Crippen LogP contribution in [-0.2, 0) is 17.9 Å². The Balaban J connectivity index is 1.42. The maximum atomic E-state index is 12.5. The van der Waals surface area contributed by atoms with Crippen molar-refractivity contribution in [3.63, 3.8) is 0 Å². The number of methoxy groups -OCH3 is 1. The zero-order chi connectivity index (χ0) is 24.8. The molecule has 0 saturated heterocycles. The van der Waals surface area contributed by atoms with Gasteiger partial charge in [-0.2, -0.15) is 5.26 Å². The van der Waals surface area contributed by atoms with Gasteiger partial charge < -0.3 is 24.3 Å². The minimum absolute atomic E-state index is 0.0458. The third kappa shape index (κ3) is 6.07. The van der Waals surface area contributed by atoms with Crippen LogP contribution < -0.4 is 24.3 Å². The molecule has 0 radical (unpaired) electrons. The summed E-state index contributed by atoms with van der Waals surface area (Å²) in [7, 11) is 1.59. The fraction of sp³-hybridized carbons (Fsp3) is 0.154. The van der Waals surface area contributed by atoms with Crippen LogP contribution in [-0.4, -0.2) is 19.8 Å². The average molecular weight is 556 g/mol. The van der Waals surface area contributed by atoms with E-state index in [9.17, 15) is 10.1 Å². The highest BCUT2D eigenvalue weighted by Crippen LogP contribution is 2.37. The minimum Gasteiger partial charge on any atom is -0.497 e. The Morgan fingerprint density at radius 3 is 2.60 bits per heavy atom. The van der Waals surface area contributed by atoms with Gasteiger partial charge in [-0.05, 0) is 75.1 Å². The SMILES string of the molecule is COc1ccc(CNC(=O)/C(C#N)=C\c2cc(Cl)c(OCc3ccc4c(c3)OCO4)c(Br)c2)cc1. The van der Waals surface area contributed by atoms with Crippen molar-refractivity contribution in [3.8, 4) is 29.1 Å². The fourth-order valence-electron chi connectivity index (χ4n) is 3.32. The van der Waals surface area contributed by atoms with Gasteiger partial charge >= 0.3 is 0 Å². The molecule has 178 valence electrons. The van der Waals surface area contributed by atoms with Crippen LogP contribution in [0.1, 0.15) is 16.7 Å². The van der Waals surface area contributed by atoms with E-state index in [1.54, 1.807) is 31.4 Å². The monoisotopic (exact) mass is 554 g/mol. The van der Waals surface area contributed by atoms with E-state index < -0.39 is 5.91 Å². The third-order valence-electron chi connectivity index (χ3n) is 5.13. The van der Waals surface area contributed by atoms with E-state index in [0.717, 1.165) is 16.9 Å². The molecule has 4 rings (SSSR count). The molecule has 1 heterocycles. The molecule has 35 heavy (non-hydrogen) atoms. The second-order valence-electron chi connectivity index (χ2n) is 7.49. The van der Waals surface area contributed by atoms with Gasteiger partial charge in [0.15, 0.2) is 17.2 Å². The van der Waals surface area contributed by atoms with E-state index >= 15 is 0 Å². The van der Waals surface area contributed by atoms with E-state index in [2.05, 4.69) is 21.2 Å². The molecule has 1 amide bonds. The van der Waals surface area contributed by atoms with Gasteiger partial charge in [-0.25, -0.2) is 0 Å². The van der Waals surface area contributed by atoms with Crippen LogP contribution in [0.15, 0.2) is 64.6 Å². The summed E-state index contributed by atoms with van der Waals surface area (Å²) < 4.78 is 22.3. The van der Waals surface area contributed by atoms with Gasteiger partial charge in [0.1, 0.15) is 24.0 Å². The predicted molar refractivity (Wildman–Crippen MR) is 134 cm³/mol. The fourth-order valence-corrected chi connectivity index (χ4v) is 4.31. The van der Waals surface area contributed by atoms with Crippen molar-refractivity contribution in [2.75, 3.05) is 13.9 Å². The number of fused-ring (bicyclic) bond motifs is 1. The molecular weight excluding hydrogens is 536 g/mol. The molecule has 0 spiro atoms. The third-order valence-corrected chi connectivity index (χ3v) is 6.00. The lowest BCUT2D eigenvalue weighted by atomic mass is 10.1. The summed E-state index contributed by atoms with van der Waals surface area (Å²) in [4.78, 5) is 12.5. The highest BCUT2D eigenvalue weighted by molar-refractivity contribution is 9.10. The summed E-state index contributed by atoms with van der Waals surface area (Å²) in [5.74, 6) is 2.06. The largest absolute Gasteiger partial charge is 0.497 e. The number of amides is 1. The first-order chi connectivity index (χ1) is 17.0. The van der Waals surface area contributed by atoms with Gasteiger partial charge in [0.05, 0.1) is 16.6 Å². The topological polar surface area (TPSA) is 89.8 Å². The lowest BCUT2D eigenvalue weighted by Gasteiger charge is -2.12. The van der Waals surface area contributed by atoms with Gasteiger partial charge in [0, 0.05) is 6.54 Å². The Hall–Kier alpha value is -3.67. The summed E-state index contributed by atoms with van der Waals surface area (Å²) in [6, 6.07) is 18.2. The van der Waals surface area contributed by atoms with Gasteiger partial charge in [-0.3, -0.25) is 4.79 Å². The predicted octanol–water partition coefficient (Wildman–Crippen LogP) is 5.64. The quantitative estimate of drug-likeness (QED) is 0.286. The molecule has 0 aromatic heterocycles. The molecule has 0 fully saturated rings. The molecule has 0 saturated carbocycles. The summed E-state index contributed by atoms with van der Waals surface area (Å²) >= 11 is 9.91. The smallest absolute Gasteiger partial charge is 0.262 e. The number of benzene rings is 3. The molecule has 0 atom stereocenters. The van der Waals surface area contributed by atoms with Crippen LogP contribution in [0, 0.1) is 11.3 Å². The highest BCUT2D eigenvalue weighted by Gasteiger charge is 2.15. The Morgan fingerprint density at radius 2 is 1.89 bits per heavy atom. The number of halogens is 2. The summed E-state index contributed by atoms with van der Waals surface area (Å²) in [6.45, 7) is 0.747. The number of nitriles is 1. The van der Waals surface area contributed by atoms with Crippen molar-refractivity contribution < 1.29 is 23.7 Å². The molecule has 0 bridgehead atoms. The molecule has 1 aliphatic heterocycles. The molecule has 0 aliphatic carbocycles. The molecule has 1 aliphatic rings. The van der Waals surface area contributed by atoms with Gasteiger partial charge in [0.25, 0.3) is 5.91 Å². The van der Waals surface area contributed by atoms with Gasteiger partial charge in [-0.1, -0.05) is 29.8 Å². The summed E-state index contributed by atoms with van der Waals surface area (Å²) in [6.07, 6.45) is 1.47. The molecular formula is C26H20BrClN2O5. The van der Waals surface area contributed by atoms with Crippen LogP contribution in [0.5, 0.6) is 23.0 Å². The van der Waals surface area contributed by atoms with E-state index in [4.69, 9.17) is 30.5 Å². The highest BCUT2D eigenvalue weighted by atomic mass is 79.9. The Labute approximate surface area is 215 Å². The number of carbonyl (C=O) groups is 1. The van der Waals surface area contributed by atoms with Crippen molar-refractivity contribution in [2.24, 2.45) is 0 Å². The second kappa shape index (κ2) is 11.2. The number of nitrogens with one attached hydrogen (secondary N) is 1. The second-order valence-corrected chi connectivity index (χ2v) is 8.75. The van der Waals surface area contributed by atoms with E-state index in [1.165, 1.54) is 6.08 Å². The summed E-state index contributed by atoms with van der Waals surface area (Å²) in [5, 5.41) is 12.6. The van der Waals surface area contributed by atoms with Crippen molar-refractivity contribution in [1.82, 2.24) is 5.32 Å². The molecule has 3 aromatic carbocycles. The first kappa shape index (κ1) is 24.5. The number of rotatable bonds is 8. The van der Waals surface area contributed by atoms with Crippen LogP contribution in [0.2, 0.25) is 5.02 Å². The molecule has 3 aromatic rings. The Morgan fingerprint density at radius 1 is 1.14 bits per heavy atom. The first-order valence-electron chi connectivity index (χ1n) is 10.5. The molecule has 0 unspecified atom stereocenters. The zero-order valence-electron chi connectivity index (χ0n) is 18.6. The van der Waals surface area contributed by atoms with Gasteiger partial charge in [-0.15, -0.1) is 0 Å². The number of ether oxygens (including phenoxy) is 4. The van der Waals surface area contributed by atoms with Crippen LogP contribution >= 0.6 is 27.5 Å². The lowest BCUT2D eigenvalue weighted by Crippen LogP contribution is -2.23. The van der Waals surface area contributed by atoms with E-state index in [-0.39, 0.29) is 25.5 Å². The van der Waals surface area contributed by atoms with E-state index in [0.29, 0.717) is 32.3 Å². The van der Waals surface area contributed by atoms with Crippen LogP contribution in [0.3, 0.4) is 0 Å². The van der Waals surface area contributed by atoms with Crippen molar-refractivity contribution >= 4 is 39.5 Å². The standard InChI is InChI=1S/C26H20BrClN2O5/c1-32-20-5-2-16(3-6-20)13-30-26(31)19(12-29)8-18-9-21(27)25(22(28)10-18)33-14-17-4-7-23-24(11-17)35-15-34-23/h2-11H,13-15H2,1H3,(H,30,31)/b19-8-. The maximum absolute atomic E-state index is 12.5. The van der Waals surface area contributed by atoms with Crippen molar-refractivity contribution in [3.05, 3.63) is 86.4 Å². The molecule has 9 heteroatoms. The van der Waals surface area contributed by atoms with Crippen molar-refractivity contribution in [2.45, 2.75) is 13.2 Å². The average Bonchev–Trinajstić information content (AvgIpc) is 3.33. The molecule has 7 nitrogen and oxygen atoms in total. The van der Waals surface area contributed by atoms with Gasteiger partial charge in [0.2, 0.25) is 6.79 Å². The van der Waals surface area contributed by atoms with Crippen LogP contribution in [0.25, 0.3) is 6.08 Å². The summed E-state index contributed by atoms with van der Waals surface area (Å²) in [5.41, 5.74) is 2.30. The Bertz CT molecular complexity index is 1300. The minimum atomic E-state index is -0.487. The number of nitrogens with zero attached hydrogens (tertiary/aromatic N) is 1. The number of carbonyl (C=O) groups excluding carboxylic acids is 1. The maximum Gasteiger partial charge on any atom is 0.262 e. The zero-order valence-corrected chi connectivity index (χ0v) is 21.0. The molecule has 1 N–H and O–H groups in total. The normalized spacial score (nSPS) is 12.1.